The van der Waals surface area contributed by atoms with Gasteiger partial charge in [-0.1, -0.05) is 12.1 Å². The van der Waals surface area contributed by atoms with Crippen LogP contribution >= 0.6 is 22.6 Å². The molecule has 3 heterocycles. The van der Waals surface area contributed by atoms with E-state index in [4.69, 9.17) is 18.6 Å². The molecule has 206 valence electrons. The summed E-state index contributed by atoms with van der Waals surface area (Å²) >= 11 is 2.17. The Morgan fingerprint density at radius 3 is 2.56 bits per heavy atom. The van der Waals surface area contributed by atoms with Crippen LogP contribution in [0.3, 0.4) is 0 Å². The quantitative estimate of drug-likeness (QED) is 0.199. The normalized spacial score (nSPS) is 22.5. The van der Waals surface area contributed by atoms with Gasteiger partial charge in [0, 0.05) is 34.2 Å². The number of cyclic esters (lactones) is 1. The molecule has 1 aromatic heterocycles. The van der Waals surface area contributed by atoms with E-state index in [0.717, 1.165) is 9.13 Å². The second-order valence-corrected chi connectivity index (χ2v) is 10.9. The number of carbonyl (C=O) groups is 2. The SMILES string of the molecule is C[C@H]1OC(=O)[C@](C)(N(Cc2ccc(I)cc2)C(=O)NCc2cc(=O)oc3cc4c(cc23)OCO4)[C@@H]1[C@H](O)CO. The highest BCUT2D eigenvalue weighted by Crippen LogP contribution is 2.40. The first-order chi connectivity index (χ1) is 18.6. The molecule has 0 bridgehead atoms. The topological polar surface area (TPSA) is 148 Å². The van der Waals surface area contributed by atoms with Crippen LogP contribution in [0.5, 0.6) is 11.5 Å². The van der Waals surface area contributed by atoms with Gasteiger partial charge in [0.05, 0.1) is 18.6 Å². The lowest BCUT2D eigenvalue weighted by Gasteiger charge is -2.41. The van der Waals surface area contributed by atoms with Crippen LogP contribution < -0.4 is 20.4 Å². The van der Waals surface area contributed by atoms with Gasteiger partial charge in [-0.2, -0.15) is 0 Å². The summed E-state index contributed by atoms with van der Waals surface area (Å²) in [5, 5.41) is 23.7. The van der Waals surface area contributed by atoms with Crippen molar-refractivity contribution in [3.8, 4) is 11.5 Å². The summed E-state index contributed by atoms with van der Waals surface area (Å²) in [5.41, 5.74) is -0.708. The molecular formula is C27H27IN2O9. The Kier molecular flexibility index (Phi) is 7.44. The third-order valence-corrected chi connectivity index (χ3v) is 7.99. The van der Waals surface area contributed by atoms with Gasteiger partial charge in [0.2, 0.25) is 6.79 Å². The van der Waals surface area contributed by atoms with Gasteiger partial charge in [0.15, 0.2) is 11.5 Å². The highest BCUT2D eigenvalue weighted by atomic mass is 127. The number of aliphatic hydroxyl groups excluding tert-OH is 2. The fraction of sp³-hybridized carbons (Fsp3) is 0.370. The Morgan fingerprint density at radius 1 is 1.18 bits per heavy atom. The van der Waals surface area contributed by atoms with Crippen molar-refractivity contribution in [1.29, 1.82) is 0 Å². The summed E-state index contributed by atoms with van der Waals surface area (Å²) in [6.45, 7) is 2.53. The number of fused-ring (bicyclic) bond motifs is 2. The predicted octanol–water partition coefficient (Wildman–Crippen LogP) is 2.51. The number of ether oxygens (including phenoxy) is 3. The van der Waals surface area contributed by atoms with E-state index in [9.17, 15) is 24.6 Å². The molecule has 2 amide bonds. The van der Waals surface area contributed by atoms with Gasteiger partial charge in [-0.05, 0) is 65.8 Å². The van der Waals surface area contributed by atoms with Gasteiger partial charge < -0.3 is 39.1 Å². The molecule has 2 aliphatic rings. The number of esters is 1. The molecule has 0 aliphatic carbocycles. The van der Waals surface area contributed by atoms with Crippen LogP contribution in [0.25, 0.3) is 11.0 Å². The maximum Gasteiger partial charge on any atom is 0.336 e. The van der Waals surface area contributed by atoms with Crippen LogP contribution in [0, 0.1) is 9.49 Å². The van der Waals surface area contributed by atoms with Crippen molar-refractivity contribution in [3.05, 3.63) is 67.6 Å². The number of nitrogens with one attached hydrogen (secondary N) is 1. The standard InChI is InChI=1S/C27H27IN2O9/c1-14-24(19(32)12-31)27(2,25(34)38-14)30(11-15-3-5-17(28)6-4-15)26(35)29-10-16-7-23(33)39-20-9-22-21(8-18(16)20)36-13-37-22/h3-9,14,19,24,31-32H,10-13H2,1-2H3,(H,29,35)/t14-,19-,24+,27-/m1/s1. The van der Waals surface area contributed by atoms with E-state index < -0.39 is 47.9 Å². The van der Waals surface area contributed by atoms with Gasteiger partial charge in [0.25, 0.3) is 0 Å². The first-order valence-electron chi connectivity index (χ1n) is 12.3. The first-order valence-corrected chi connectivity index (χ1v) is 13.4. The molecule has 3 N–H and O–H groups in total. The summed E-state index contributed by atoms with van der Waals surface area (Å²) in [4.78, 5) is 40.6. The average molecular weight is 650 g/mol. The highest BCUT2D eigenvalue weighted by Gasteiger charge is 2.60. The third kappa shape index (κ3) is 5.03. The largest absolute Gasteiger partial charge is 0.460 e. The molecule has 4 atom stereocenters. The van der Waals surface area contributed by atoms with Crippen molar-refractivity contribution < 1.29 is 38.4 Å². The van der Waals surface area contributed by atoms with Gasteiger partial charge in [-0.15, -0.1) is 0 Å². The number of benzene rings is 2. The van der Waals surface area contributed by atoms with Gasteiger partial charge in [0.1, 0.15) is 17.2 Å². The van der Waals surface area contributed by atoms with E-state index in [1.54, 1.807) is 19.1 Å². The maximum absolute atomic E-state index is 13.8. The molecule has 39 heavy (non-hydrogen) atoms. The van der Waals surface area contributed by atoms with Crippen LogP contribution in [0.2, 0.25) is 0 Å². The van der Waals surface area contributed by atoms with Crippen molar-refractivity contribution in [2.75, 3.05) is 13.4 Å². The highest BCUT2D eigenvalue weighted by molar-refractivity contribution is 14.1. The van der Waals surface area contributed by atoms with Crippen LogP contribution in [0.1, 0.15) is 25.0 Å². The summed E-state index contributed by atoms with van der Waals surface area (Å²) in [5.74, 6) is -0.647. The number of halogens is 1. The lowest BCUT2D eigenvalue weighted by Crippen LogP contribution is -2.61. The van der Waals surface area contributed by atoms with E-state index >= 15 is 0 Å². The Hall–Kier alpha value is -3.36. The molecule has 0 spiro atoms. The molecule has 5 rings (SSSR count). The van der Waals surface area contributed by atoms with Crippen molar-refractivity contribution in [3.63, 3.8) is 0 Å². The number of nitrogens with zero attached hydrogens (tertiary/aromatic N) is 1. The number of rotatable bonds is 7. The summed E-state index contributed by atoms with van der Waals surface area (Å²) in [6, 6.07) is 11.3. The molecule has 12 heteroatoms. The number of hydrogen-bond acceptors (Lipinski definition) is 9. The number of aliphatic hydroxyl groups is 2. The van der Waals surface area contributed by atoms with E-state index in [1.165, 1.54) is 17.9 Å². The van der Waals surface area contributed by atoms with Gasteiger partial charge in [-0.3, -0.25) is 0 Å². The monoisotopic (exact) mass is 650 g/mol. The zero-order valence-corrected chi connectivity index (χ0v) is 23.3. The minimum Gasteiger partial charge on any atom is -0.460 e. The maximum atomic E-state index is 13.8. The van der Waals surface area contributed by atoms with Crippen LogP contribution in [0.15, 0.2) is 51.7 Å². The second-order valence-electron chi connectivity index (χ2n) is 9.70. The molecule has 0 unspecified atom stereocenters. The number of amides is 2. The van der Waals surface area contributed by atoms with Crippen LogP contribution in [-0.4, -0.2) is 58.3 Å². The fourth-order valence-corrected chi connectivity index (χ4v) is 5.65. The van der Waals surface area contributed by atoms with E-state index in [1.807, 2.05) is 24.3 Å². The molecule has 3 aromatic rings. The third-order valence-electron chi connectivity index (χ3n) is 7.28. The Balaban J connectivity index is 1.49. The minimum absolute atomic E-state index is 0.0199. The molecule has 1 saturated heterocycles. The van der Waals surface area contributed by atoms with E-state index in [0.29, 0.717) is 22.4 Å². The molecule has 0 saturated carbocycles. The smallest absolute Gasteiger partial charge is 0.336 e. The fourth-order valence-electron chi connectivity index (χ4n) is 5.29. The summed E-state index contributed by atoms with van der Waals surface area (Å²) < 4.78 is 22.6. The van der Waals surface area contributed by atoms with E-state index in [2.05, 4.69) is 27.9 Å². The number of hydrogen-bond donors (Lipinski definition) is 3. The molecule has 2 aromatic carbocycles. The van der Waals surface area contributed by atoms with E-state index in [-0.39, 0.29) is 25.5 Å². The summed E-state index contributed by atoms with van der Waals surface area (Å²) in [6.07, 6.45) is -2.06. The molecule has 0 radical (unpaired) electrons. The lowest BCUT2D eigenvalue weighted by atomic mass is 9.79. The number of urea groups is 1. The van der Waals surface area contributed by atoms with Crippen molar-refractivity contribution in [2.45, 2.75) is 44.7 Å². The second kappa shape index (κ2) is 10.7. The summed E-state index contributed by atoms with van der Waals surface area (Å²) in [7, 11) is 0. The Bertz CT molecular complexity index is 1470. The molecule has 1 fully saturated rings. The van der Waals surface area contributed by atoms with Crippen LogP contribution in [-0.2, 0) is 22.6 Å². The Morgan fingerprint density at radius 2 is 1.87 bits per heavy atom. The first kappa shape index (κ1) is 27.2. The van der Waals surface area contributed by atoms with Crippen molar-refractivity contribution >= 4 is 45.6 Å². The predicted molar refractivity (Wildman–Crippen MR) is 146 cm³/mol. The minimum atomic E-state index is -1.60. The van der Waals surface area contributed by atoms with Gasteiger partial charge >= 0.3 is 17.6 Å². The van der Waals surface area contributed by atoms with Crippen LogP contribution in [0.4, 0.5) is 4.79 Å². The van der Waals surface area contributed by atoms with Crippen molar-refractivity contribution in [1.82, 2.24) is 10.2 Å². The molecule has 11 nitrogen and oxygen atoms in total. The average Bonchev–Trinajstić information content (AvgIpc) is 3.45. The van der Waals surface area contributed by atoms with Gasteiger partial charge in [-0.25, -0.2) is 14.4 Å². The zero-order valence-electron chi connectivity index (χ0n) is 21.2. The Labute approximate surface area is 236 Å². The lowest BCUT2D eigenvalue weighted by molar-refractivity contribution is -0.148. The zero-order chi connectivity index (χ0) is 27.9. The molecular weight excluding hydrogens is 623 g/mol. The van der Waals surface area contributed by atoms with Crippen molar-refractivity contribution in [2.24, 2.45) is 5.92 Å². The number of carbonyl (C=O) groups excluding carboxylic acids is 2. The molecule has 2 aliphatic heterocycles.